The first-order chi connectivity index (χ1) is 6.93. The third-order valence-corrected chi connectivity index (χ3v) is 2.62. The minimum atomic E-state index is -0.423. The lowest BCUT2D eigenvalue weighted by atomic mass is 10.0. The van der Waals surface area contributed by atoms with Crippen LogP contribution in [0, 0.1) is 5.92 Å². The van der Waals surface area contributed by atoms with Gasteiger partial charge in [0.15, 0.2) is 5.78 Å². The Balaban J connectivity index is 2.53. The number of nitrogens with zero attached hydrogens (tertiary/aromatic N) is 1. The Morgan fingerprint density at radius 2 is 1.73 bits per heavy atom. The maximum Gasteiger partial charge on any atom is 0.251 e. The van der Waals surface area contributed by atoms with Crippen molar-refractivity contribution in [3.8, 4) is 0 Å². The molecule has 0 N–H and O–H groups in total. The molecule has 0 aliphatic carbocycles. The van der Waals surface area contributed by atoms with Gasteiger partial charge in [-0.15, -0.1) is 0 Å². The number of amides is 1. The second kappa shape index (κ2) is 4.75. The Labute approximate surface area is 90.6 Å². The Kier molecular flexibility index (Phi) is 3.85. The van der Waals surface area contributed by atoms with Gasteiger partial charge in [0, 0.05) is 20.0 Å². The summed E-state index contributed by atoms with van der Waals surface area (Å²) in [7, 11) is 3.40. The first kappa shape index (κ1) is 12.2. The van der Waals surface area contributed by atoms with E-state index in [4.69, 9.17) is 4.74 Å². The van der Waals surface area contributed by atoms with Crippen LogP contribution >= 0.6 is 0 Å². The molecule has 4 heteroatoms. The van der Waals surface area contributed by atoms with Crippen molar-refractivity contribution in [2.45, 2.75) is 38.9 Å². The van der Waals surface area contributed by atoms with Crippen molar-refractivity contribution < 1.29 is 14.3 Å². The van der Waals surface area contributed by atoms with Crippen molar-refractivity contribution in [2.75, 3.05) is 14.1 Å². The fourth-order valence-electron chi connectivity index (χ4n) is 1.69. The van der Waals surface area contributed by atoms with Crippen LogP contribution in [0.5, 0.6) is 0 Å². The van der Waals surface area contributed by atoms with Crippen molar-refractivity contribution in [3.63, 3.8) is 0 Å². The highest BCUT2D eigenvalue weighted by Crippen LogP contribution is 2.23. The molecule has 86 valence electrons. The maximum absolute atomic E-state index is 11.6. The molecule has 1 heterocycles. The van der Waals surface area contributed by atoms with Crippen LogP contribution in [-0.4, -0.2) is 42.9 Å². The lowest BCUT2D eigenvalue weighted by molar-refractivity contribution is -0.144. The minimum absolute atomic E-state index is 0.0248. The number of ether oxygens (including phenoxy) is 1. The fraction of sp³-hybridized carbons (Fsp3) is 0.818. The number of hydrogen-bond donors (Lipinski definition) is 0. The van der Waals surface area contributed by atoms with Gasteiger partial charge in [-0.2, -0.15) is 0 Å². The van der Waals surface area contributed by atoms with Gasteiger partial charge in [0.1, 0.15) is 12.2 Å². The largest absolute Gasteiger partial charge is 0.357 e. The van der Waals surface area contributed by atoms with Crippen LogP contribution in [0.4, 0.5) is 0 Å². The molecule has 1 amide bonds. The summed E-state index contributed by atoms with van der Waals surface area (Å²) in [6.07, 6.45) is 0.521. The van der Waals surface area contributed by atoms with Gasteiger partial charge in [-0.1, -0.05) is 13.8 Å². The van der Waals surface area contributed by atoms with Gasteiger partial charge in [0.2, 0.25) is 0 Å². The highest BCUT2D eigenvalue weighted by Gasteiger charge is 2.35. The van der Waals surface area contributed by atoms with E-state index in [0.717, 1.165) is 0 Å². The van der Waals surface area contributed by atoms with Gasteiger partial charge in [-0.05, 0) is 12.8 Å². The number of carbonyl (C=O) groups excluding carboxylic acids is 2. The zero-order valence-electron chi connectivity index (χ0n) is 9.82. The molecule has 15 heavy (non-hydrogen) atoms. The summed E-state index contributed by atoms with van der Waals surface area (Å²) in [5, 5.41) is 0. The third kappa shape index (κ3) is 2.78. The van der Waals surface area contributed by atoms with Crippen LogP contribution in [0.3, 0.4) is 0 Å². The van der Waals surface area contributed by atoms with Crippen LogP contribution in [0.2, 0.25) is 0 Å². The third-order valence-electron chi connectivity index (χ3n) is 2.62. The number of rotatable bonds is 3. The molecule has 4 nitrogen and oxygen atoms in total. The number of hydrogen-bond acceptors (Lipinski definition) is 3. The second-order valence-corrected chi connectivity index (χ2v) is 4.48. The van der Waals surface area contributed by atoms with Gasteiger partial charge in [0.05, 0.1) is 0 Å². The number of ketones is 1. The zero-order chi connectivity index (χ0) is 11.6. The minimum Gasteiger partial charge on any atom is -0.357 e. The van der Waals surface area contributed by atoms with E-state index in [2.05, 4.69) is 0 Å². The summed E-state index contributed by atoms with van der Waals surface area (Å²) in [5.74, 6) is 0.0290. The second-order valence-electron chi connectivity index (χ2n) is 4.48. The van der Waals surface area contributed by atoms with Gasteiger partial charge in [0.25, 0.3) is 5.91 Å². The van der Waals surface area contributed by atoms with Gasteiger partial charge in [-0.3, -0.25) is 9.59 Å². The normalized spacial score (nSPS) is 25.7. The Morgan fingerprint density at radius 3 is 2.20 bits per heavy atom. The summed E-state index contributed by atoms with van der Waals surface area (Å²) in [6.45, 7) is 3.71. The van der Waals surface area contributed by atoms with Crippen LogP contribution in [0.25, 0.3) is 0 Å². The molecule has 1 aliphatic heterocycles. The molecule has 0 radical (unpaired) electrons. The molecule has 0 spiro atoms. The fourth-order valence-corrected chi connectivity index (χ4v) is 1.69. The Hall–Kier alpha value is -0.900. The van der Waals surface area contributed by atoms with Crippen molar-refractivity contribution in [1.29, 1.82) is 0 Å². The summed E-state index contributed by atoms with van der Waals surface area (Å²) in [5.41, 5.74) is 0. The van der Waals surface area contributed by atoms with Crippen LogP contribution in [0.15, 0.2) is 0 Å². The smallest absolute Gasteiger partial charge is 0.251 e. The molecule has 0 aromatic carbocycles. The van der Waals surface area contributed by atoms with Gasteiger partial charge in [-0.25, -0.2) is 0 Å². The molecule has 1 rings (SSSR count). The van der Waals surface area contributed by atoms with E-state index in [1.54, 1.807) is 14.1 Å². The summed E-state index contributed by atoms with van der Waals surface area (Å²) < 4.78 is 5.47. The quantitative estimate of drug-likeness (QED) is 0.698. The summed E-state index contributed by atoms with van der Waals surface area (Å²) >= 11 is 0. The molecule has 0 aromatic rings. The average Bonchev–Trinajstić information content (AvgIpc) is 2.63. The monoisotopic (exact) mass is 213 g/mol. The molecule has 0 bridgehead atoms. The van der Waals surface area contributed by atoms with Gasteiger partial charge < -0.3 is 9.64 Å². The number of Topliss-reactive ketones (excluding diaryl/α,β-unsaturated/α-hetero) is 1. The highest BCUT2D eigenvalue weighted by molar-refractivity contribution is 5.87. The predicted molar refractivity (Wildman–Crippen MR) is 56.4 cm³/mol. The SMILES string of the molecule is CC(C)C(=O)C1CCC(C(=O)N(C)C)O1. The van der Waals surface area contributed by atoms with E-state index in [1.165, 1.54) is 4.90 Å². The Bertz CT molecular complexity index is 235. The van der Waals surface area contributed by atoms with Crippen molar-refractivity contribution in [1.82, 2.24) is 4.90 Å². The van der Waals surface area contributed by atoms with E-state index >= 15 is 0 Å². The molecular formula is C11H19NO3. The summed E-state index contributed by atoms with van der Waals surface area (Å²) in [4.78, 5) is 24.7. The van der Waals surface area contributed by atoms with Crippen molar-refractivity contribution in [3.05, 3.63) is 0 Å². The van der Waals surface area contributed by atoms with Crippen LogP contribution < -0.4 is 0 Å². The highest BCUT2D eigenvalue weighted by atomic mass is 16.5. The van der Waals surface area contributed by atoms with E-state index in [0.29, 0.717) is 12.8 Å². The molecule has 2 unspecified atom stereocenters. The lowest BCUT2D eigenvalue weighted by Gasteiger charge is -2.17. The molecule has 1 aliphatic rings. The van der Waals surface area contributed by atoms with Crippen LogP contribution in [0.1, 0.15) is 26.7 Å². The molecule has 0 saturated carbocycles. The van der Waals surface area contributed by atoms with E-state index in [9.17, 15) is 9.59 Å². The predicted octanol–water partition coefficient (Wildman–Crippen LogP) is 0.847. The zero-order valence-corrected chi connectivity index (χ0v) is 9.82. The van der Waals surface area contributed by atoms with E-state index in [1.807, 2.05) is 13.8 Å². The standard InChI is InChI=1S/C11H19NO3/c1-7(2)10(13)8-5-6-9(15-8)11(14)12(3)4/h7-9H,5-6H2,1-4H3. The van der Waals surface area contributed by atoms with Crippen molar-refractivity contribution >= 4 is 11.7 Å². The number of likely N-dealkylation sites (N-methyl/N-ethyl adjacent to an activating group) is 1. The van der Waals surface area contributed by atoms with Crippen LogP contribution in [-0.2, 0) is 14.3 Å². The molecular weight excluding hydrogens is 194 g/mol. The van der Waals surface area contributed by atoms with E-state index < -0.39 is 6.10 Å². The molecule has 0 aromatic heterocycles. The average molecular weight is 213 g/mol. The van der Waals surface area contributed by atoms with Gasteiger partial charge >= 0.3 is 0 Å². The molecule has 2 atom stereocenters. The maximum atomic E-state index is 11.6. The summed E-state index contributed by atoms with van der Waals surface area (Å²) in [6, 6.07) is 0. The molecule has 1 saturated heterocycles. The topological polar surface area (TPSA) is 46.6 Å². The first-order valence-electron chi connectivity index (χ1n) is 5.33. The van der Waals surface area contributed by atoms with E-state index in [-0.39, 0.29) is 23.7 Å². The Morgan fingerprint density at radius 1 is 1.20 bits per heavy atom. The molecule has 1 fully saturated rings. The first-order valence-corrected chi connectivity index (χ1v) is 5.33. The van der Waals surface area contributed by atoms with Crippen molar-refractivity contribution in [2.24, 2.45) is 5.92 Å². The number of carbonyl (C=O) groups is 2. The lowest BCUT2D eigenvalue weighted by Crippen LogP contribution is -2.35.